The molecular weight excluding hydrogens is 178 g/mol. The standard InChI is InChI=1S/C11H23NO2/c1-6-7(2)9(4)12-10(5)8(3)11(13)14/h7-10,12H,6H2,1-5H3,(H,13,14). The fourth-order valence-corrected chi connectivity index (χ4v) is 1.29. The molecule has 0 radical (unpaired) electrons. The summed E-state index contributed by atoms with van der Waals surface area (Å²) in [4.78, 5) is 10.7. The fraction of sp³-hybridized carbons (Fsp3) is 0.909. The predicted octanol–water partition coefficient (Wildman–Crippen LogP) is 2.12. The van der Waals surface area contributed by atoms with Crippen molar-refractivity contribution in [2.45, 2.75) is 53.1 Å². The van der Waals surface area contributed by atoms with Crippen molar-refractivity contribution in [3.05, 3.63) is 0 Å². The Hall–Kier alpha value is -0.570. The Labute approximate surface area is 86.9 Å². The highest BCUT2D eigenvalue weighted by Crippen LogP contribution is 2.10. The molecule has 0 rings (SSSR count). The van der Waals surface area contributed by atoms with Gasteiger partial charge in [-0.15, -0.1) is 0 Å². The van der Waals surface area contributed by atoms with Gasteiger partial charge in [0.1, 0.15) is 0 Å². The van der Waals surface area contributed by atoms with E-state index in [1.807, 2.05) is 6.92 Å². The number of carbonyl (C=O) groups is 1. The summed E-state index contributed by atoms with van der Waals surface area (Å²) < 4.78 is 0. The van der Waals surface area contributed by atoms with Gasteiger partial charge in [0.05, 0.1) is 5.92 Å². The van der Waals surface area contributed by atoms with E-state index in [0.29, 0.717) is 12.0 Å². The lowest BCUT2D eigenvalue weighted by molar-refractivity contribution is -0.142. The molecule has 84 valence electrons. The highest BCUT2D eigenvalue weighted by Gasteiger charge is 2.21. The summed E-state index contributed by atoms with van der Waals surface area (Å²) in [6, 6.07) is 0.397. The van der Waals surface area contributed by atoms with Crippen LogP contribution < -0.4 is 5.32 Å². The van der Waals surface area contributed by atoms with E-state index in [0.717, 1.165) is 6.42 Å². The van der Waals surface area contributed by atoms with Gasteiger partial charge in [0, 0.05) is 12.1 Å². The number of hydrogen-bond donors (Lipinski definition) is 2. The van der Waals surface area contributed by atoms with Gasteiger partial charge in [-0.05, 0) is 19.8 Å². The lowest BCUT2D eigenvalue weighted by Gasteiger charge is -2.26. The molecule has 0 aliphatic rings. The van der Waals surface area contributed by atoms with Gasteiger partial charge in [-0.2, -0.15) is 0 Å². The highest BCUT2D eigenvalue weighted by atomic mass is 16.4. The van der Waals surface area contributed by atoms with E-state index in [1.165, 1.54) is 0 Å². The summed E-state index contributed by atoms with van der Waals surface area (Å²) in [6.45, 7) is 10.1. The highest BCUT2D eigenvalue weighted by molar-refractivity contribution is 5.70. The first-order chi connectivity index (χ1) is 6.40. The van der Waals surface area contributed by atoms with E-state index in [9.17, 15) is 4.79 Å². The molecule has 0 bridgehead atoms. The van der Waals surface area contributed by atoms with Gasteiger partial charge in [0.2, 0.25) is 0 Å². The minimum absolute atomic E-state index is 0.0245. The largest absolute Gasteiger partial charge is 0.481 e. The van der Waals surface area contributed by atoms with Crippen LogP contribution in [0.4, 0.5) is 0 Å². The smallest absolute Gasteiger partial charge is 0.307 e. The number of nitrogens with one attached hydrogen (secondary N) is 1. The van der Waals surface area contributed by atoms with E-state index in [2.05, 4.69) is 26.1 Å². The molecule has 3 nitrogen and oxygen atoms in total. The van der Waals surface area contributed by atoms with Crippen molar-refractivity contribution in [2.75, 3.05) is 0 Å². The quantitative estimate of drug-likeness (QED) is 0.692. The van der Waals surface area contributed by atoms with Crippen molar-refractivity contribution < 1.29 is 9.90 Å². The summed E-state index contributed by atoms with van der Waals surface area (Å²) in [5.74, 6) is -0.485. The molecule has 0 aromatic carbocycles. The van der Waals surface area contributed by atoms with Crippen LogP contribution in [-0.4, -0.2) is 23.2 Å². The molecule has 0 aliphatic heterocycles. The summed E-state index contributed by atoms with van der Waals surface area (Å²) >= 11 is 0. The van der Waals surface area contributed by atoms with E-state index in [4.69, 9.17) is 5.11 Å². The SMILES string of the molecule is CCC(C)C(C)NC(C)C(C)C(=O)O. The predicted molar refractivity (Wildman–Crippen MR) is 58.3 cm³/mol. The maximum atomic E-state index is 10.7. The third kappa shape index (κ3) is 4.09. The molecule has 2 N–H and O–H groups in total. The van der Waals surface area contributed by atoms with Gasteiger partial charge >= 0.3 is 5.97 Å². The molecule has 4 atom stereocenters. The average Bonchev–Trinajstić information content (AvgIpc) is 2.14. The van der Waals surface area contributed by atoms with Crippen LogP contribution in [0.3, 0.4) is 0 Å². The Morgan fingerprint density at radius 3 is 2.07 bits per heavy atom. The van der Waals surface area contributed by atoms with Crippen molar-refractivity contribution in [1.82, 2.24) is 5.32 Å². The maximum absolute atomic E-state index is 10.7. The van der Waals surface area contributed by atoms with Gasteiger partial charge in [-0.25, -0.2) is 0 Å². The second-order valence-electron chi connectivity index (χ2n) is 4.26. The summed E-state index contributed by atoms with van der Waals surface area (Å²) in [6.07, 6.45) is 1.11. The van der Waals surface area contributed by atoms with E-state index >= 15 is 0 Å². The van der Waals surface area contributed by atoms with Crippen LogP contribution in [0.2, 0.25) is 0 Å². The molecule has 0 fully saturated rings. The lowest BCUT2D eigenvalue weighted by atomic mass is 9.97. The molecule has 0 aromatic rings. The van der Waals surface area contributed by atoms with E-state index in [1.54, 1.807) is 6.92 Å². The molecule has 0 saturated heterocycles. The van der Waals surface area contributed by atoms with Crippen LogP contribution in [-0.2, 0) is 4.79 Å². The zero-order valence-corrected chi connectivity index (χ0v) is 9.87. The van der Waals surface area contributed by atoms with E-state index < -0.39 is 5.97 Å². The van der Waals surface area contributed by atoms with Crippen molar-refractivity contribution in [2.24, 2.45) is 11.8 Å². The number of rotatable bonds is 6. The first-order valence-electron chi connectivity index (χ1n) is 5.39. The van der Waals surface area contributed by atoms with Crippen molar-refractivity contribution in [3.63, 3.8) is 0 Å². The van der Waals surface area contributed by atoms with Crippen molar-refractivity contribution >= 4 is 5.97 Å². The van der Waals surface area contributed by atoms with E-state index in [-0.39, 0.29) is 12.0 Å². The third-order valence-corrected chi connectivity index (χ3v) is 3.16. The van der Waals surface area contributed by atoms with Crippen LogP contribution >= 0.6 is 0 Å². The summed E-state index contributed by atoms with van der Waals surface area (Å²) in [7, 11) is 0. The molecule has 0 amide bonds. The summed E-state index contributed by atoms with van der Waals surface area (Å²) in [5, 5.41) is 12.2. The maximum Gasteiger partial charge on any atom is 0.307 e. The molecule has 3 heteroatoms. The topological polar surface area (TPSA) is 49.3 Å². The van der Waals surface area contributed by atoms with Gasteiger partial charge in [-0.3, -0.25) is 4.79 Å². The van der Waals surface area contributed by atoms with Gasteiger partial charge in [0.25, 0.3) is 0 Å². The Morgan fingerprint density at radius 1 is 1.21 bits per heavy atom. The second kappa shape index (κ2) is 6.02. The zero-order valence-electron chi connectivity index (χ0n) is 9.87. The first-order valence-corrected chi connectivity index (χ1v) is 5.39. The third-order valence-electron chi connectivity index (χ3n) is 3.16. The Kier molecular flexibility index (Phi) is 5.77. The molecule has 4 unspecified atom stereocenters. The molecular formula is C11H23NO2. The van der Waals surface area contributed by atoms with Gasteiger partial charge in [-0.1, -0.05) is 27.2 Å². The lowest BCUT2D eigenvalue weighted by Crippen LogP contribution is -2.43. The second-order valence-corrected chi connectivity index (χ2v) is 4.26. The minimum atomic E-state index is -0.735. The van der Waals surface area contributed by atoms with Crippen LogP contribution in [0.25, 0.3) is 0 Å². The zero-order chi connectivity index (χ0) is 11.3. The Morgan fingerprint density at radius 2 is 1.71 bits per heavy atom. The minimum Gasteiger partial charge on any atom is -0.481 e. The Balaban J connectivity index is 4.04. The number of hydrogen-bond acceptors (Lipinski definition) is 2. The molecule has 0 spiro atoms. The normalized spacial score (nSPS) is 19.8. The molecule has 0 saturated carbocycles. The first kappa shape index (κ1) is 13.4. The molecule has 0 aromatic heterocycles. The van der Waals surface area contributed by atoms with Crippen molar-refractivity contribution in [3.8, 4) is 0 Å². The monoisotopic (exact) mass is 201 g/mol. The van der Waals surface area contributed by atoms with Crippen LogP contribution in [0.1, 0.15) is 41.0 Å². The summed E-state index contributed by atoms with van der Waals surface area (Å²) in [5.41, 5.74) is 0. The van der Waals surface area contributed by atoms with Crippen LogP contribution in [0.15, 0.2) is 0 Å². The Bertz CT molecular complexity index is 182. The van der Waals surface area contributed by atoms with Crippen molar-refractivity contribution in [1.29, 1.82) is 0 Å². The van der Waals surface area contributed by atoms with Gasteiger partial charge < -0.3 is 10.4 Å². The molecule has 0 heterocycles. The number of carboxylic acids is 1. The molecule has 14 heavy (non-hydrogen) atoms. The number of carboxylic acid groups (broad SMARTS) is 1. The van der Waals surface area contributed by atoms with Crippen LogP contribution in [0, 0.1) is 11.8 Å². The fourth-order valence-electron chi connectivity index (χ4n) is 1.29. The average molecular weight is 201 g/mol. The van der Waals surface area contributed by atoms with Crippen LogP contribution in [0.5, 0.6) is 0 Å². The van der Waals surface area contributed by atoms with Gasteiger partial charge in [0.15, 0.2) is 0 Å². The number of aliphatic carboxylic acids is 1. The molecule has 0 aliphatic carbocycles.